The van der Waals surface area contributed by atoms with Crippen molar-refractivity contribution in [1.29, 1.82) is 0 Å². The SMILES string of the molecule is O=C(c1ccccc1Cn1ccnc1)N1CCN(Cc2ccccc2)CC(Cc2cnccn2)C1. The molecule has 1 unspecified atom stereocenters. The topological polar surface area (TPSA) is 67.2 Å². The molecule has 0 saturated carbocycles. The Balaban J connectivity index is 1.37. The van der Waals surface area contributed by atoms with E-state index < -0.39 is 0 Å². The Morgan fingerprint density at radius 2 is 1.74 bits per heavy atom. The molecule has 7 nitrogen and oxygen atoms in total. The molecule has 5 rings (SSSR count). The summed E-state index contributed by atoms with van der Waals surface area (Å²) in [6, 6.07) is 18.4. The van der Waals surface area contributed by atoms with Crippen molar-refractivity contribution >= 4 is 5.91 Å². The molecule has 1 atom stereocenters. The van der Waals surface area contributed by atoms with Gasteiger partial charge >= 0.3 is 0 Å². The molecular formula is C28H30N6O. The Morgan fingerprint density at radius 1 is 0.886 bits per heavy atom. The number of aromatic nitrogens is 4. The van der Waals surface area contributed by atoms with Crippen LogP contribution in [0.5, 0.6) is 0 Å². The molecule has 0 bridgehead atoms. The molecule has 0 spiro atoms. The predicted molar refractivity (Wildman–Crippen MR) is 135 cm³/mol. The number of hydrogen-bond donors (Lipinski definition) is 0. The standard InChI is InChI=1S/C28H30N6O/c35-28(27-9-5-4-8-25(27)21-33-13-12-30-22-33)34-15-14-32(18-23-6-2-1-3-7-23)19-24(20-34)16-26-17-29-10-11-31-26/h1-13,17,22,24H,14-16,18-21H2. The van der Waals surface area contributed by atoms with Gasteiger partial charge in [-0.05, 0) is 29.5 Å². The lowest BCUT2D eigenvalue weighted by molar-refractivity contribution is 0.0744. The second kappa shape index (κ2) is 11.1. The van der Waals surface area contributed by atoms with Crippen LogP contribution < -0.4 is 0 Å². The van der Waals surface area contributed by atoms with Gasteiger partial charge in [0, 0.05) is 75.8 Å². The van der Waals surface area contributed by atoms with Gasteiger partial charge < -0.3 is 9.47 Å². The lowest BCUT2D eigenvalue weighted by Crippen LogP contribution is -2.37. The Kier molecular flexibility index (Phi) is 7.24. The number of carbonyl (C=O) groups excluding carboxylic acids is 1. The van der Waals surface area contributed by atoms with Gasteiger partial charge in [-0.15, -0.1) is 0 Å². The molecule has 7 heteroatoms. The van der Waals surface area contributed by atoms with E-state index in [9.17, 15) is 4.79 Å². The van der Waals surface area contributed by atoms with Crippen molar-refractivity contribution in [2.45, 2.75) is 19.5 Å². The minimum Gasteiger partial charge on any atom is -0.337 e. The molecule has 178 valence electrons. The molecule has 3 heterocycles. The van der Waals surface area contributed by atoms with E-state index in [0.717, 1.165) is 42.9 Å². The van der Waals surface area contributed by atoms with Gasteiger partial charge in [0.25, 0.3) is 5.91 Å². The maximum Gasteiger partial charge on any atom is 0.254 e. The number of carbonyl (C=O) groups is 1. The fraction of sp³-hybridized carbons (Fsp3) is 0.286. The molecule has 0 radical (unpaired) electrons. The summed E-state index contributed by atoms with van der Waals surface area (Å²) in [6.45, 7) is 4.63. The van der Waals surface area contributed by atoms with Gasteiger partial charge in [-0.25, -0.2) is 4.98 Å². The Labute approximate surface area is 206 Å². The summed E-state index contributed by atoms with van der Waals surface area (Å²) >= 11 is 0. The van der Waals surface area contributed by atoms with Crippen LogP contribution in [-0.2, 0) is 19.5 Å². The highest BCUT2D eigenvalue weighted by Gasteiger charge is 2.28. The van der Waals surface area contributed by atoms with E-state index in [0.29, 0.717) is 19.6 Å². The van der Waals surface area contributed by atoms with E-state index in [1.807, 2.05) is 52.2 Å². The second-order valence-electron chi connectivity index (χ2n) is 9.13. The van der Waals surface area contributed by atoms with Crippen molar-refractivity contribution < 1.29 is 4.79 Å². The van der Waals surface area contributed by atoms with E-state index in [2.05, 4.69) is 44.1 Å². The van der Waals surface area contributed by atoms with Gasteiger partial charge in [-0.1, -0.05) is 48.5 Å². The Bertz CT molecular complexity index is 1210. The third kappa shape index (κ3) is 6.00. The van der Waals surface area contributed by atoms with Crippen LogP contribution in [0.4, 0.5) is 0 Å². The molecule has 35 heavy (non-hydrogen) atoms. The first kappa shape index (κ1) is 22.9. The Hall–Kier alpha value is -3.84. The first-order chi connectivity index (χ1) is 17.2. The molecular weight excluding hydrogens is 436 g/mol. The first-order valence-corrected chi connectivity index (χ1v) is 12.1. The van der Waals surface area contributed by atoms with Gasteiger partial charge in [-0.2, -0.15) is 0 Å². The maximum atomic E-state index is 13.8. The molecule has 1 amide bonds. The summed E-state index contributed by atoms with van der Waals surface area (Å²) in [5.41, 5.74) is 4.02. The number of amides is 1. The van der Waals surface area contributed by atoms with Gasteiger partial charge in [0.1, 0.15) is 0 Å². The number of imidazole rings is 1. The summed E-state index contributed by atoms with van der Waals surface area (Å²) in [5, 5.41) is 0. The summed E-state index contributed by atoms with van der Waals surface area (Å²) in [5.74, 6) is 0.356. The predicted octanol–water partition coefficient (Wildman–Crippen LogP) is 3.54. The fourth-order valence-corrected chi connectivity index (χ4v) is 4.82. The molecule has 2 aromatic heterocycles. The van der Waals surface area contributed by atoms with Crippen LogP contribution in [0.2, 0.25) is 0 Å². The van der Waals surface area contributed by atoms with Crippen LogP contribution in [-0.4, -0.2) is 61.4 Å². The second-order valence-corrected chi connectivity index (χ2v) is 9.13. The zero-order chi connectivity index (χ0) is 23.9. The largest absolute Gasteiger partial charge is 0.337 e. The van der Waals surface area contributed by atoms with Gasteiger partial charge in [-0.3, -0.25) is 19.7 Å². The smallest absolute Gasteiger partial charge is 0.254 e. The summed E-state index contributed by atoms with van der Waals surface area (Å²) in [7, 11) is 0. The summed E-state index contributed by atoms with van der Waals surface area (Å²) in [6.07, 6.45) is 11.5. The third-order valence-electron chi connectivity index (χ3n) is 6.49. The zero-order valence-corrected chi connectivity index (χ0v) is 19.8. The first-order valence-electron chi connectivity index (χ1n) is 12.1. The van der Waals surface area contributed by atoms with Crippen molar-refractivity contribution in [2.75, 3.05) is 26.2 Å². The van der Waals surface area contributed by atoms with E-state index >= 15 is 0 Å². The van der Waals surface area contributed by atoms with Crippen molar-refractivity contribution in [1.82, 2.24) is 29.3 Å². The van der Waals surface area contributed by atoms with Crippen LogP contribution in [0.15, 0.2) is 91.9 Å². The number of hydrogen-bond acceptors (Lipinski definition) is 5. The van der Waals surface area contributed by atoms with E-state index in [1.165, 1.54) is 5.56 Å². The van der Waals surface area contributed by atoms with Crippen LogP contribution in [0.3, 0.4) is 0 Å². The highest BCUT2D eigenvalue weighted by atomic mass is 16.2. The number of nitrogens with zero attached hydrogens (tertiary/aromatic N) is 6. The van der Waals surface area contributed by atoms with Crippen molar-refractivity contribution in [3.8, 4) is 0 Å². The van der Waals surface area contributed by atoms with E-state index in [-0.39, 0.29) is 11.8 Å². The quantitative estimate of drug-likeness (QED) is 0.417. The van der Waals surface area contributed by atoms with Gasteiger partial charge in [0.05, 0.1) is 12.0 Å². The minimum absolute atomic E-state index is 0.0893. The minimum atomic E-state index is 0.0893. The van der Waals surface area contributed by atoms with Crippen LogP contribution >= 0.6 is 0 Å². The van der Waals surface area contributed by atoms with E-state index in [4.69, 9.17) is 0 Å². The highest BCUT2D eigenvalue weighted by molar-refractivity contribution is 5.95. The monoisotopic (exact) mass is 466 g/mol. The van der Waals surface area contributed by atoms with Crippen LogP contribution in [0.25, 0.3) is 0 Å². The highest BCUT2D eigenvalue weighted by Crippen LogP contribution is 2.20. The molecule has 1 aliphatic heterocycles. The van der Waals surface area contributed by atoms with E-state index in [1.54, 1.807) is 24.9 Å². The lowest BCUT2D eigenvalue weighted by Gasteiger charge is -2.25. The zero-order valence-electron chi connectivity index (χ0n) is 19.8. The molecule has 0 aliphatic carbocycles. The van der Waals surface area contributed by atoms with Gasteiger partial charge in [0.2, 0.25) is 0 Å². The van der Waals surface area contributed by atoms with Crippen molar-refractivity contribution in [3.63, 3.8) is 0 Å². The summed E-state index contributed by atoms with van der Waals surface area (Å²) < 4.78 is 1.99. The van der Waals surface area contributed by atoms with Crippen molar-refractivity contribution in [2.24, 2.45) is 5.92 Å². The Morgan fingerprint density at radius 3 is 2.54 bits per heavy atom. The fourth-order valence-electron chi connectivity index (χ4n) is 4.82. The lowest BCUT2D eigenvalue weighted by atomic mass is 10.0. The maximum absolute atomic E-state index is 13.8. The molecule has 1 saturated heterocycles. The average molecular weight is 467 g/mol. The third-order valence-corrected chi connectivity index (χ3v) is 6.49. The average Bonchev–Trinajstić information content (AvgIpc) is 3.32. The van der Waals surface area contributed by atoms with Gasteiger partial charge in [0.15, 0.2) is 0 Å². The van der Waals surface area contributed by atoms with Crippen molar-refractivity contribution in [3.05, 3.63) is 114 Å². The molecule has 1 fully saturated rings. The number of rotatable bonds is 7. The summed E-state index contributed by atoms with van der Waals surface area (Å²) in [4.78, 5) is 31.2. The molecule has 4 aromatic rings. The molecule has 2 aromatic carbocycles. The number of benzene rings is 2. The van der Waals surface area contributed by atoms with Crippen LogP contribution in [0, 0.1) is 5.92 Å². The molecule has 0 N–H and O–H groups in total. The molecule has 1 aliphatic rings. The van der Waals surface area contributed by atoms with Crippen LogP contribution in [0.1, 0.15) is 27.2 Å². The normalized spacial score (nSPS) is 16.7.